The Labute approximate surface area is 163 Å². The van der Waals surface area contributed by atoms with E-state index in [4.69, 9.17) is 4.74 Å². The molecule has 3 heterocycles. The van der Waals surface area contributed by atoms with Crippen molar-refractivity contribution in [2.45, 2.75) is 6.54 Å². The van der Waals surface area contributed by atoms with Crippen LogP contribution >= 0.6 is 0 Å². The number of rotatable bonds is 4. The van der Waals surface area contributed by atoms with Gasteiger partial charge in [-0.1, -0.05) is 0 Å². The molecule has 1 saturated heterocycles. The summed E-state index contributed by atoms with van der Waals surface area (Å²) >= 11 is 0. The number of anilines is 2. The highest BCUT2D eigenvalue weighted by Gasteiger charge is 2.16. The van der Waals surface area contributed by atoms with Gasteiger partial charge in [0.15, 0.2) is 5.65 Å². The van der Waals surface area contributed by atoms with Crippen LogP contribution in [0.3, 0.4) is 0 Å². The fourth-order valence-electron chi connectivity index (χ4n) is 2.95. The van der Waals surface area contributed by atoms with Crippen molar-refractivity contribution in [3.63, 3.8) is 0 Å². The van der Waals surface area contributed by atoms with Gasteiger partial charge in [0.2, 0.25) is 11.9 Å². The number of ether oxygens (including phenoxy) is 1. The van der Waals surface area contributed by atoms with Crippen LogP contribution in [0.4, 0.5) is 20.4 Å². The molecule has 0 unspecified atom stereocenters. The van der Waals surface area contributed by atoms with Gasteiger partial charge in [0.1, 0.15) is 29.9 Å². The van der Waals surface area contributed by atoms with Crippen molar-refractivity contribution >= 4 is 28.6 Å². The Morgan fingerprint density at radius 1 is 1.14 bits per heavy atom. The third-order valence-electron chi connectivity index (χ3n) is 4.32. The molecule has 1 aliphatic heterocycles. The third kappa shape index (κ3) is 4.19. The zero-order chi connectivity index (χ0) is 20.4. The van der Waals surface area contributed by atoms with E-state index in [9.17, 15) is 18.4 Å². The summed E-state index contributed by atoms with van der Waals surface area (Å²) in [4.78, 5) is 39.4. The molecule has 0 spiro atoms. The third-order valence-corrected chi connectivity index (χ3v) is 4.32. The fraction of sp³-hybridized carbons (Fsp3) is 0.278. The van der Waals surface area contributed by atoms with E-state index < -0.39 is 23.1 Å². The quantitative estimate of drug-likeness (QED) is 0.693. The number of nitrogens with zero attached hydrogens (tertiary/aromatic N) is 5. The molecule has 150 valence electrons. The second kappa shape index (κ2) is 7.87. The van der Waals surface area contributed by atoms with E-state index in [1.54, 1.807) is 0 Å². The topological polar surface area (TPSA) is 102 Å². The minimum Gasteiger partial charge on any atom is -0.378 e. The molecular weight excluding hydrogens is 386 g/mol. The molecule has 1 fully saturated rings. The maximum atomic E-state index is 13.2. The fourth-order valence-corrected chi connectivity index (χ4v) is 2.95. The predicted molar refractivity (Wildman–Crippen MR) is 99.6 cm³/mol. The molecule has 0 atom stereocenters. The molecule has 29 heavy (non-hydrogen) atoms. The van der Waals surface area contributed by atoms with Gasteiger partial charge >= 0.3 is 0 Å². The lowest BCUT2D eigenvalue weighted by atomic mass is 10.3. The number of benzene rings is 1. The highest BCUT2D eigenvalue weighted by Crippen LogP contribution is 2.14. The van der Waals surface area contributed by atoms with Crippen LogP contribution in [0.25, 0.3) is 11.0 Å². The van der Waals surface area contributed by atoms with Crippen molar-refractivity contribution in [3.05, 3.63) is 52.7 Å². The Kier molecular flexibility index (Phi) is 5.12. The van der Waals surface area contributed by atoms with Gasteiger partial charge in [0.25, 0.3) is 5.56 Å². The van der Waals surface area contributed by atoms with E-state index in [0.29, 0.717) is 38.3 Å². The second-order valence-corrected chi connectivity index (χ2v) is 6.39. The van der Waals surface area contributed by atoms with Crippen LogP contribution in [0, 0.1) is 11.6 Å². The summed E-state index contributed by atoms with van der Waals surface area (Å²) in [6.45, 7) is 2.04. The number of fused-ring (bicyclic) bond motifs is 1. The van der Waals surface area contributed by atoms with E-state index >= 15 is 0 Å². The minimum atomic E-state index is -0.821. The summed E-state index contributed by atoms with van der Waals surface area (Å²) in [5.74, 6) is -1.82. The molecule has 3 aromatic rings. The number of aromatic nitrogens is 4. The predicted octanol–water partition coefficient (Wildman–Crippen LogP) is 0.940. The molecule has 1 N–H and O–H groups in total. The first-order valence-electron chi connectivity index (χ1n) is 8.80. The van der Waals surface area contributed by atoms with Crippen LogP contribution < -0.4 is 15.8 Å². The molecule has 1 aromatic carbocycles. The van der Waals surface area contributed by atoms with E-state index in [1.807, 2.05) is 4.90 Å². The smallest absolute Gasteiger partial charge is 0.264 e. The van der Waals surface area contributed by atoms with Crippen molar-refractivity contribution in [1.29, 1.82) is 0 Å². The molecular formula is C18H16F2N6O3. The highest BCUT2D eigenvalue weighted by molar-refractivity contribution is 5.90. The summed E-state index contributed by atoms with van der Waals surface area (Å²) in [5, 5.41) is 2.50. The summed E-state index contributed by atoms with van der Waals surface area (Å²) in [7, 11) is 0. The molecule has 0 radical (unpaired) electrons. The van der Waals surface area contributed by atoms with Crippen molar-refractivity contribution in [1.82, 2.24) is 19.5 Å². The van der Waals surface area contributed by atoms with Crippen LogP contribution in [-0.4, -0.2) is 51.7 Å². The number of amides is 1. The van der Waals surface area contributed by atoms with Crippen LogP contribution in [0.1, 0.15) is 0 Å². The Morgan fingerprint density at radius 3 is 2.59 bits per heavy atom. The number of hydrogen-bond acceptors (Lipinski definition) is 7. The van der Waals surface area contributed by atoms with Gasteiger partial charge in [-0.2, -0.15) is 4.98 Å². The van der Waals surface area contributed by atoms with Gasteiger partial charge in [-0.25, -0.2) is 18.7 Å². The number of carbonyl (C=O) groups is 1. The summed E-state index contributed by atoms with van der Waals surface area (Å²) < 4.78 is 32.8. The monoisotopic (exact) mass is 402 g/mol. The number of nitrogens with one attached hydrogen (secondary N) is 1. The van der Waals surface area contributed by atoms with Crippen LogP contribution in [0.2, 0.25) is 0 Å². The lowest BCUT2D eigenvalue weighted by molar-refractivity contribution is -0.116. The lowest BCUT2D eigenvalue weighted by Crippen LogP contribution is -2.37. The molecule has 1 amide bonds. The van der Waals surface area contributed by atoms with Gasteiger partial charge in [-0.05, 0) is 12.1 Å². The minimum absolute atomic E-state index is 0.0483. The van der Waals surface area contributed by atoms with Crippen molar-refractivity contribution in [3.8, 4) is 0 Å². The molecule has 11 heteroatoms. The standard InChI is InChI=1S/C18H16F2N6O3/c19-11-5-12(20)7-13(6-11)23-15(27)9-26-10-22-16-14(17(26)28)8-21-18(24-16)25-1-3-29-4-2-25/h5-8,10H,1-4,9H2,(H,23,27). The van der Waals surface area contributed by atoms with Gasteiger partial charge < -0.3 is 15.0 Å². The second-order valence-electron chi connectivity index (χ2n) is 6.39. The van der Waals surface area contributed by atoms with E-state index in [0.717, 1.165) is 16.7 Å². The summed E-state index contributed by atoms with van der Waals surface area (Å²) in [6.07, 6.45) is 2.57. The highest BCUT2D eigenvalue weighted by atomic mass is 19.1. The zero-order valence-corrected chi connectivity index (χ0v) is 15.1. The SMILES string of the molecule is O=C(Cn1cnc2nc(N3CCOCC3)ncc2c1=O)Nc1cc(F)cc(F)c1. The van der Waals surface area contributed by atoms with E-state index in [-0.39, 0.29) is 23.3 Å². The van der Waals surface area contributed by atoms with Gasteiger partial charge in [0, 0.05) is 31.0 Å². The van der Waals surface area contributed by atoms with Gasteiger partial charge in [-0.15, -0.1) is 0 Å². The molecule has 0 aliphatic carbocycles. The van der Waals surface area contributed by atoms with Crippen LogP contribution in [-0.2, 0) is 16.1 Å². The number of halogens is 2. The molecule has 1 aliphatic rings. The molecule has 4 rings (SSSR count). The van der Waals surface area contributed by atoms with Crippen molar-refractivity contribution in [2.24, 2.45) is 0 Å². The number of carbonyl (C=O) groups excluding carboxylic acids is 1. The number of hydrogen-bond donors (Lipinski definition) is 1. The first-order chi connectivity index (χ1) is 14.0. The molecule has 2 aromatic heterocycles. The average Bonchev–Trinajstić information content (AvgIpc) is 2.70. The van der Waals surface area contributed by atoms with E-state index in [2.05, 4.69) is 20.3 Å². The summed E-state index contributed by atoms with van der Waals surface area (Å²) in [6, 6.07) is 2.64. The Balaban J connectivity index is 1.54. The molecule has 9 nitrogen and oxygen atoms in total. The van der Waals surface area contributed by atoms with Crippen LogP contribution in [0.5, 0.6) is 0 Å². The number of morpholine rings is 1. The largest absolute Gasteiger partial charge is 0.378 e. The Morgan fingerprint density at radius 2 is 1.86 bits per heavy atom. The van der Waals surface area contributed by atoms with Crippen LogP contribution in [0.15, 0.2) is 35.5 Å². The molecule has 0 bridgehead atoms. The molecule has 0 saturated carbocycles. The average molecular weight is 402 g/mol. The van der Waals surface area contributed by atoms with Crippen molar-refractivity contribution in [2.75, 3.05) is 36.5 Å². The summed E-state index contributed by atoms with van der Waals surface area (Å²) in [5.41, 5.74) is -0.327. The lowest BCUT2D eigenvalue weighted by Gasteiger charge is -2.26. The Hall–Kier alpha value is -3.47. The normalized spacial score (nSPS) is 14.2. The Bertz CT molecular complexity index is 1110. The van der Waals surface area contributed by atoms with Crippen molar-refractivity contribution < 1.29 is 18.3 Å². The first kappa shape index (κ1) is 18.9. The van der Waals surface area contributed by atoms with Gasteiger partial charge in [0.05, 0.1) is 13.2 Å². The maximum Gasteiger partial charge on any atom is 0.264 e. The zero-order valence-electron chi connectivity index (χ0n) is 15.1. The first-order valence-corrected chi connectivity index (χ1v) is 8.80. The maximum absolute atomic E-state index is 13.2. The van der Waals surface area contributed by atoms with Gasteiger partial charge in [-0.3, -0.25) is 14.2 Å². The van der Waals surface area contributed by atoms with E-state index in [1.165, 1.54) is 12.5 Å².